The Morgan fingerprint density at radius 1 is 1.24 bits per heavy atom. The average molecular weight is 340 g/mol. The van der Waals surface area contributed by atoms with E-state index < -0.39 is 4.92 Å². The number of fused-ring (bicyclic) bond motifs is 1. The number of rotatable bonds is 5. The van der Waals surface area contributed by atoms with Gasteiger partial charge in [-0.2, -0.15) is 0 Å². The summed E-state index contributed by atoms with van der Waals surface area (Å²) < 4.78 is 6.58. The number of hydrogen-bond donors (Lipinski definition) is 1. The minimum absolute atomic E-state index is 0.144. The fraction of sp³-hybridized carbons (Fsp3) is 0.176. The summed E-state index contributed by atoms with van der Waals surface area (Å²) in [6.45, 7) is 0.369. The number of benzene rings is 2. The molecule has 1 heterocycles. The maximum absolute atomic E-state index is 13.0. The lowest BCUT2D eigenvalue weighted by Gasteiger charge is -2.13. The third-order valence-electron chi connectivity index (χ3n) is 3.80. The highest BCUT2D eigenvalue weighted by molar-refractivity contribution is 5.80. The summed E-state index contributed by atoms with van der Waals surface area (Å²) >= 11 is 0. The van der Waals surface area contributed by atoms with Gasteiger partial charge in [0.15, 0.2) is 0 Å². The van der Waals surface area contributed by atoms with Crippen molar-refractivity contribution in [3.05, 3.63) is 68.8 Å². The Bertz CT molecular complexity index is 996. The third kappa shape index (κ3) is 3.07. The second-order valence-electron chi connectivity index (χ2n) is 5.36. The van der Waals surface area contributed by atoms with Crippen LogP contribution in [0.5, 0.6) is 5.75 Å². The molecule has 0 atom stereocenters. The Balaban J connectivity index is 2.29. The maximum atomic E-state index is 13.0. The molecule has 0 aliphatic rings. The highest BCUT2D eigenvalue weighted by Crippen LogP contribution is 2.20. The molecule has 3 aromatic rings. The number of nitro groups is 1. The normalized spacial score (nSPS) is 10.8. The summed E-state index contributed by atoms with van der Waals surface area (Å²) in [7, 11) is 3.31. The Hall–Kier alpha value is -3.26. The second-order valence-corrected chi connectivity index (χ2v) is 5.36. The van der Waals surface area contributed by atoms with Crippen LogP contribution in [-0.4, -0.2) is 28.6 Å². The van der Waals surface area contributed by atoms with Crippen LogP contribution in [0.15, 0.2) is 47.3 Å². The zero-order chi connectivity index (χ0) is 18.0. The molecule has 0 saturated carbocycles. The monoisotopic (exact) mass is 340 g/mol. The van der Waals surface area contributed by atoms with Crippen molar-refractivity contribution in [2.45, 2.75) is 6.54 Å². The Labute approximate surface area is 142 Å². The van der Waals surface area contributed by atoms with Gasteiger partial charge in [0.25, 0.3) is 11.2 Å². The first-order valence-corrected chi connectivity index (χ1v) is 7.54. The Kier molecular flexibility index (Phi) is 4.44. The Morgan fingerprint density at radius 3 is 2.56 bits per heavy atom. The lowest BCUT2D eigenvalue weighted by Crippen LogP contribution is -2.26. The molecule has 1 aromatic heterocycles. The van der Waals surface area contributed by atoms with Crippen molar-refractivity contribution in [2.75, 3.05) is 14.2 Å². The van der Waals surface area contributed by atoms with Crippen LogP contribution < -0.4 is 15.6 Å². The predicted molar refractivity (Wildman–Crippen MR) is 93.3 cm³/mol. The zero-order valence-electron chi connectivity index (χ0n) is 13.7. The molecule has 0 spiro atoms. The van der Waals surface area contributed by atoms with E-state index in [1.807, 2.05) is 0 Å². The smallest absolute Gasteiger partial charge is 0.270 e. The van der Waals surface area contributed by atoms with Gasteiger partial charge in [0.2, 0.25) is 0 Å². The van der Waals surface area contributed by atoms with E-state index in [4.69, 9.17) is 4.74 Å². The van der Waals surface area contributed by atoms with Crippen LogP contribution in [0.25, 0.3) is 16.6 Å². The number of aromatic nitrogens is 2. The highest BCUT2D eigenvalue weighted by Gasteiger charge is 2.15. The molecular formula is C17H16N4O4. The molecule has 0 bridgehead atoms. The molecule has 0 aliphatic carbocycles. The Morgan fingerprint density at radius 2 is 1.96 bits per heavy atom. The molecule has 0 unspecified atom stereocenters. The number of nitrogens with zero attached hydrogens (tertiary/aromatic N) is 3. The largest absolute Gasteiger partial charge is 0.497 e. The van der Waals surface area contributed by atoms with E-state index in [1.165, 1.54) is 22.8 Å². The molecule has 0 aliphatic heterocycles. The number of nitro benzene ring substituents is 1. The number of nitrogens with one attached hydrogen (secondary N) is 1. The molecule has 8 heteroatoms. The summed E-state index contributed by atoms with van der Waals surface area (Å²) in [5.74, 6) is 1.18. The van der Waals surface area contributed by atoms with Gasteiger partial charge < -0.3 is 10.1 Å². The minimum Gasteiger partial charge on any atom is -0.497 e. The zero-order valence-corrected chi connectivity index (χ0v) is 13.7. The molecule has 3 rings (SSSR count). The van der Waals surface area contributed by atoms with Crippen LogP contribution in [-0.2, 0) is 6.54 Å². The number of methoxy groups -OCH3 is 1. The van der Waals surface area contributed by atoms with Gasteiger partial charge in [0.05, 0.1) is 35.2 Å². The van der Waals surface area contributed by atoms with Crippen molar-refractivity contribution >= 4 is 16.6 Å². The van der Waals surface area contributed by atoms with Gasteiger partial charge in [-0.25, -0.2) is 4.98 Å². The van der Waals surface area contributed by atoms with E-state index in [1.54, 1.807) is 38.4 Å². The minimum atomic E-state index is -0.530. The van der Waals surface area contributed by atoms with E-state index in [-0.39, 0.29) is 16.6 Å². The summed E-state index contributed by atoms with van der Waals surface area (Å²) in [6, 6.07) is 11.1. The van der Waals surface area contributed by atoms with Crippen LogP contribution in [0.3, 0.4) is 0 Å². The topological polar surface area (TPSA) is 99.3 Å². The van der Waals surface area contributed by atoms with Crippen LogP contribution in [0.4, 0.5) is 5.69 Å². The summed E-state index contributed by atoms with van der Waals surface area (Å²) in [6.07, 6.45) is 0. The van der Waals surface area contributed by atoms with Crippen molar-refractivity contribution in [1.82, 2.24) is 14.9 Å². The second kappa shape index (κ2) is 6.70. The van der Waals surface area contributed by atoms with Crippen LogP contribution in [0.1, 0.15) is 5.82 Å². The molecule has 0 saturated heterocycles. The van der Waals surface area contributed by atoms with E-state index in [2.05, 4.69) is 10.3 Å². The number of non-ortho nitro benzene ring substituents is 1. The van der Waals surface area contributed by atoms with E-state index in [0.717, 1.165) is 0 Å². The van der Waals surface area contributed by atoms with E-state index in [9.17, 15) is 14.9 Å². The van der Waals surface area contributed by atoms with Gasteiger partial charge in [0.1, 0.15) is 11.6 Å². The van der Waals surface area contributed by atoms with Crippen molar-refractivity contribution < 1.29 is 9.66 Å². The maximum Gasteiger partial charge on any atom is 0.270 e. The first-order chi connectivity index (χ1) is 12.0. The standard InChI is InChI=1S/C17H16N4O4/c1-18-10-16-19-15-8-5-12(21(23)24)9-14(15)17(22)20(16)11-3-6-13(25-2)7-4-11/h3-9,18H,10H2,1-2H3. The summed E-state index contributed by atoms with van der Waals surface area (Å²) in [5, 5.41) is 14.2. The van der Waals surface area contributed by atoms with Gasteiger partial charge >= 0.3 is 0 Å². The van der Waals surface area contributed by atoms with Crippen molar-refractivity contribution in [2.24, 2.45) is 0 Å². The average Bonchev–Trinajstić information content (AvgIpc) is 2.62. The molecule has 0 radical (unpaired) electrons. The van der Waals surface area contributed by atoms with E-state index in [0.29, 0.717) is 29.3 Å². The van der Waals surface area contributed by atoms with Gasteiger partial charge in [-0.05, 0) is 37.4 Å². The quantitative estimate of drug-likeness (QED) is 0.563. The fourth-order valence-electron chi connectivity index (χ4n) is 2.61. The lowest BCUT2D eigenvalue weighted by atomic mass is 10.2. The van der Waals surface area contributed by atoms with Crippen molar-refractivity contribution in [3.8, 4) is 11.4 Å². The van der Waals surface area contributed by atoms with Crippen LogP contribution >= 0.6 is 0 Å². The highest BCUT2D eigenvalue weighted by atomic mass is 16.6. The van der Waals surface area contributed by atoms with Crippen molar-refractivity contribution in [3.63, 3.8) is 0 Å². The summed E-state index contributed by atoms with van der Waals surface area (Å²) in [4.78, 5) is 28.0. The van der Waals surface area contributed by atoms with Crippen molar-refractivity contribution in [1.29, 1.82) is 0 Å². The molecule has 8 nitrogen and oxygen atoms in total. The molecule has 0 fully saturated rings. The molecule has 0 amide bonds. The fourth-order valence-corrected chi connectivity index (χ4v) is 2.61. The van der Waals surface area contributed by atoms with Gasteiger partial charge in [-0.1, -0.05) is 0 Å². The number of ether oxygens (including phenoxy) is 1. The number of hydrogen-bond acceptors (Lipinski definition) is 6. The predicted octanol–water partition coefficient (Wildman–Crippen LogP) is 2.02. The summed E-state index contributed by atoms with van der Waals surface area (Å²) in [5.41, 5.74) is 0.528. The third-order valence-corrected chi connectivity index (χ3v) is 3.80. The lowest BCUT2D eigenvalue weighted by molar-refractivity contribution is -0.384. The molecule has 2 aromatic carbocycles. The van der Waals surface area contributed by atoms with Crippen LogP contribution in [0.2, 0.25) is 0 Å². The van der Waals surface area contributed by atoms with Crippen LogP contribution in [0, 0.1) is 10.1 Å². The molecular weight excluding hydrogens is 324 g/mol. The molecule has 1 N–H and O–H groups in total. The first kappa shape index (κ1) is 16.6. The van der Waals surface area contributed by atoms with Gasteiger partial charge in [-0.3, -0.25) is 19.5 Å². The first-order valence-electron chi connectivity index (χ1n) is 7.54. The van der Waals surface area contributed by atoms with E-state index >= 15 is 0 Å². The van der Waals surface area contributed by atoms with Gasteiger partial charge in [0, 0.05) is 12.1 Å². The molecule has 25 heavy (non-hydrogen) atoms. The molecule has 128 valence electrons. The SMILES string of the molecule is CNCc1nc2ccc([N+](=O)[O-])cc2c(=O)n1-c1ccc(OC)cc1. The van der Waals surface area contributed by atoms with Gasteiger partial charge in [-0.15, -0.1) is 0 Å².